The van der Waals surface area contributed by atoms with Crippen LogP contribution in [0.25, 0.3) is 5.69 Å². The van der Waals surface area contributed by atoms with Gasteiger partial charge in [-0.2, -0.15) is 0 Å². The Morgan fingerprint density at radius 1 is 1.34 bits per heavy atom. The van der Waals surface area contributed by atoms with E-state index in [0.717, 1.165) is 0 Å². The van der Waals surface area contributed by atoms with Crippen LogP contribution in [0.1, 0.15) is 32.2 Å². The third-order valence-corrected chi connectivity index (χ3v) is 5.07. The molecule has 6 nitrogen and oxygen atoms in total. The highest BCUT2D eigenvalue weighted by molar-refractivity contribution is 7.13. The zero-order chi connectivity index (χ0) is 21.0. The number of ether oxygens (including phenoxy) is 1. The number of aryl methyl sites for hydroxylation is 1. The second kappa shape index (κ2) is 8.83. The van der Waals surface area contributed by atoms with E-state index in [0.29, 0.717) is 34.3 Å². The first kappa shape index (κ1) is 20.5. The highest BCUT2D eigenvalue weighted by Crippen LogP contribution is 2.23. The molecule has 0 aliphatic heterocycles. The monoisotopic (exact) mass is 413 g/mol. The Hall–Kier alpha value is -3.26. The summed E-state index contributed by atoms with van der Waals surface area (Å²) in [6.07, 6.45) is 1.68. The highest BCUT2D eigenvalue weighted by Gasteiger charge is 2.20. The van der Waals surface area contributed by atoms with Gasteiger partial charge in [-0.25, -0.2) is 14.2 Å². The Morgan fingerprint density at radius 3 is 2.83 bits per heavy atom. The Morgan fingerprint density at radius 2 is 2.10 bits per heavy atom. The average Bonchev–Trinajstić information content (AvgIpc) is 3.29. The maximum absolute atomic E-state index is 14.2. The lowest BCUT2D eigenvalue weighted by atomic mass is 10.1. The minimum atomic E-state index is -0.677. The predicted molar refractivity (Wildman–Crippen MR) is 111 cm³/mol. The minimum Gasteiger partial charge on any atom is -0.453 e. The number of carbonyl (C=O) groups is 2. The number of ketones is 1. The van der Waals surface area contributed by atoms with Gasteiger partial charge in [-0.15, -0.1) is 17.9 Å². The van der Waals surface area contributed by atoms with Gasteiger partial charge in [0.25, 0.3) is 0 Å². The van der Waals surface area contributed by atoms with E-state index in [1.165, 1.54) is 17.4 Å². The number of Topliss-reactive ketones (excluding diaryl/α,β-unsaturated/α-hetero) is 1. The van der Waals surface area contributed by atoms with E-state index in [2.05, 4.69) is 16.9 Å². The van der Waals surface area contributed by atoms with E-state index in [1.807, 2.05) is 0 Å². The fraction of sp³-hybridized carbons (Fsp3) is 0.190. The van der Waals surface area contributed by atoms with Crippen molar-refractivity contribution in [2.45, 2.75) is 13.8 Å². The number of aromatic nitrogens is 2. The number of para-hydroxylation sites is 1. The molecule has 0 bridgehead atoms. The second-order valence-corrected chi connectivity index (χ2v) is 7.14. The highest BCUT2D eigenvalue weighted by atomic mass is 32.1. The van der Waals surface area contributed by atoms with Crippen molar-refractivity contribution in [3.8, 4) is 5.69 Å². The number of thiazole rings is 1. The molecule has 1 N–H and O–H groups in total. The predicted octanol–water partition coefficient (Wildman–Crippen LogP) is 4.33. The van der Waals surface area contributed by atoms with Crippen LogP contribution in [0.4, 0.5) is 9.52 Å². The first-order valence-electron chi connectivity index (χ1n) is 8.86. The number of hydrogen-bond acceptors (Lipinski definition) is 6. The van der Waals surface area contributed by atoms with Crippen LogP contribution >= 0.6 is 11.3 Å². The topological polar surface area (TPSA) is 73.2 Å². The average molecular weight is 413 g/mol. The van der Waals surface area contributed by atoms with Crippen LogP contribution in [0.2, 0.25) is 0 Å². The van der Waals surface area contributed by atoms with Gasteiger partial charge in [0.05, 0.1) is 5.69 Å². The molecule has 0 aliphatic carbocycles. The number of halogens is 1. The summed E-state index contributed by atoms with van der Waals surface area (Å²) in [6.45, 7) is 7.22. The molecule has 0 atom stereocenters. The number of nitrogens with zero attached hydrogens (tertiary/aromatic N) is 2. The van der Waals surface area contributed by atoms with E-state index >= 15 is 0 Å². The van der Waals surface area contributed by atoms with Crippen LogP contribution in [-0.4, -0.2) is 34.5 Å². The van der Waals surface area contributed by atoms with Crippen LogP contribution in [-0.2, 0) is 4.74 Å². The van der Waals surface area contributed by atoms with Crippen molar-refractivity contribution in [1.82, 2.24) is 9.55 Å². The van der Waals surface area contributed by atoms with Crippen LogP contribution in [0.5, 0.6) is 0 Å². The number of nitrogens with one attached hydrogen (secondary N) is 1. The number of carbonyl (C=O) groups excluding carboxylic acids is 2. The maximum Gasteiger partial charge on any atom is 0.358 e. The largest absolute Gasteiger partial charge is 0.453 e. The molecule has 0 fully saturated rings. The first-order chi connectivity index (χ1) is 13.9. The summed E-state index contributed by atoms with van der Waals surface area (Å²) in [6, 6.07) is 8.01. The molecule has 0 unspecified atom stereocenters. The molecule has 2 heterocycles. The van der Waals surface area contributed by atoms with Gasteiger partial charge in [-0.1, -0.05) is 18.2 Å². The van der Waals surface area contributed by atoms with Crippen molar-refractivity contribution < 1.29 is 18.7 Å². The lowest BCUT2D eigenvalue weighted by molar-refractivity contribution is 0.0469. The molecule has 0 saturated carbocycles. The minimum absolute atomic E-state index is 0.131. The standard InChI is InChI=1S/C21H20FN3O3S/c1-4-9-23-21-24-17(12-29-21)20(27)28-11-19(26)15-10-13(2)25(14(15)3)18-8-6-5-7-16(18)22/h4-8,10,12H,1,9,11H2,2-3H3,(H,23,24). The van der Waals surface area contributed by atoms with Gasteiger partial charge in [0.2, 0.25) is 5.78 Å². The van der Waals surface area contributed by atoms with Gasteiger partial charge in [0.1, 0.15) is 5.82 Å². The van der Waals surface area contributed by atoms with E-state index in [4.69, 9.17) is 4.74 Å². The molecule has 0 spiro atoms. The molecule has 3 rings (SSSR count). The zero-order valence-corrected chi connectivity index (χ0v) is 16.9. The van der Waals surface area contributed by atoms with Gasteiger partial charge in [0.15, 0.2) is 17.4 Å². The normalized spacial score (nSPS) is 10.6. The van der Waals surface area contributed by atoms with Gasteiger partial charge >= 0.3 is 5.97 Å². The van der Waals surface area contributed by atoms with Crippen LogP contribution in [0, 0.1) is 19.7 Å². The fourth-order valence-electron chi connectivity index (χ4n) is 2.94. The number of anilines is 1. The lowest BCUT2D eigenvalue weighted by Gasteiger charge is -2.10. The first-order valence-corrected chi connectivity index (χ1v) is 9.74. The van der Waals surface area contributed by atoms with Crippen LogP contribution < -0.4 is 5.32 Å². The zero-order valence-electron chi connectivity index (χ0n) is 16.1. The summed E-state index contributed by atoms with van der Waals surface area (Å²) in [5.41, 5.74) is 2.16. The molecule has 29 heavy (non-hydrogen) atoms. The molecule has 150 valence electrons. The Labute approximate surface area is 171 Å². The number of esters is 1. The van der Waals surface area contributed by atoms with Crippen molar-refractivity contribution in [2.24, 2.45) is 0 Å². The molecule has 1 aromatic carbocycles. The summed E-state index contributed by atoms with van der Waals surface area (Å²) in [5.74, 6) is -1.43. The lowest BCUT2D eigenvalue weighted by Crippen LogP contribution is -2.15. The molecule has 3 aromatic rings. The fourth-order valence-corrected chi connectivity index (χ4v) is 3.63. The molecule has 0 aliphatic rings. The van der Waals surface area contributed by atoms with Gasteiger partial charge in [-0.05, 0) is 32.0 Å². The quantitative estimate of drug-likeness (QED) is 0.338. The van der Waals surface area contributed by atoms with Crippen molar-refractivity contribution in [1.29, 1.82) is 0 Å². The smallest absolute Gasteiger partial charge is 0.358 e. The van der Waals surface area contributed by atoms with E-state index in [1.54, 1.807) is 54.1 Å². The molecule has 0 amide bonds. The van der Waals surface area contributed by atoms with Crippen LogP contribution in [0.15, 0.2) is 48.4 Å². The van der Waals surface area contributed by atoms with E-state index in [-0.39, 0.29) is 17.3 Å². The Bertz CT molecular complexity index is 1070. The summed E-state index contributed by atoms with van der Waals surface area (Å²) in [7, 11) is 0. The van der Waals surface area contributed by atoms with Crippen LogP contribution in [0.3, 0.4) is 0 Å². The second-order valence-electron chi connectivity index (χ2n) is 6.28. The molecular formula is C21H20FN3O3S. The van der Waals surface area contributed by atoms with Gasteiger partial charge < -0.3 is 14.6 Å². The maximum atomic E-state index is 14.2. The SMILES string of the molecule is C=CCNc1nc(C(=O)OCC(=O)c2cc(C)n(-c3ccccc3F)c2C)cs1. The Balaban J connectivity index is 1.71. The molecular weight excluding hydrogens is 393 g/mol. The van der Waals surface area contributed by atoms with Crippen molar-refractivity contribution >= 4 is 28.2 Å². The third-order valence-electron chi connectivity index (χ3n) is 4.27. The number of rotatable bonds is 8. The van der Waals surface area contributed by atoms with E-state index < -0.39 is 12.6 Å². The molecule has 0 radical (unpaired) electrons. The Kier molecular flexibility index (Phi) is 6.23. The van der Waals surface area contributed by atoms with Gasteiger partial charge in [0, 0.05) is 28.9 Å². The number of benzene rings is 1. The van der Waals surface area contributed by atoms with Gasteiger partial charge in [-0.3, -0.25) is 4.79 Å². The summed E-state index contributed by atoms with van der Waals surface area (Å²) in [4.78, 5) is 28.9. The van der Waals surface area contributed by atoms with Crippen molar-refractivity contribution in [3.63, 3.8) is 0 Å². The summed E-state index contributed by atoms with van der Waals surface area (Å²) < 4.78 is 21.0. The summed E-state index contributed by atoms with van der Waals surface area (Å²) >= 11 is 1.26. The van der Waals surface area contributed by atoms with Crippen molar-refractivity contribution in [3.05, 3.63) is 76.8 Å². The van der Waals surface area contributed by atoms with E-state index in [9.17, 15) is 14.0 Å². The van der Waals surface area contributed by atoms with Crippen molar-refractivity contribution in [2.75, 3.05) is 18.5 Å². The molecule has 8 heteroatoms. The number of hydrogen-bond donors (Lipinski definition) is 1. The molecule has 0 saturated heterocycles. The third kappa shape index (κ3) is 4.43. The molecule has 2 aromatic heterocycles. The summed E-state index contributed by atoms with van der Waals surface area (Å²) in [5, 5.41) is 5.10.